The summed E-state index contributed by atoms with van der Waals surface area (Å²) in [6.45, 7) is 0.278. The van der Waals surface area contributed by atoms with Gasteiger partial charge in [0.05, 0.1) is 12.1 Å². The zero-order valence-electron chi connectivity index (χ0n) is 14.1. The van der Waals surface area contributed by atoms with Crippen LogP contribution in [0.3, 0.4) is 0 Å². The Labute approximate surface area is 153 Å². The maximum Gasteiger partial charge on any atom is 0.417 e. The van der Waals surface area contributed by atoms with E-state index in [1.54, 1.807) is 24.3 Å². The maximum absolute atomic E-state index is 13.2. The Balaban J connectivity index is 1.54. The number of carbonyl (C=O) groups excluding carboxylic acids is 1. The van der Waals surface area contributed by atoms with Crippen LogP contribution in [0.2, 0.25) is 0 Å². The average Bonchev–Trinajstić information content (AvgIpc) is 3.11. The van der Waals surface area contributed by atoms with E-state index in [0.29, 0.717) is 23.3 Å². The molecule has 0 radical (unpaired) electrons. The van der Waals surface area contributed by atoms with Crippen molar-refractivity contribution in [2.24, 2.45) is 0 Å². The molecule has 0 aromatic heterocycles. The number of nitrogens with one attached hydrogen (secondary N) is 1. The average molecular weight is 379 g/mol. The van der Waals surface area contributed by atoms with Crippen molar-refractivity contribution < 1.29 is 32.2 Å². The third-order valence-corrected chi connectivity index (χ3v) is 3.68. The van der Waals surface area contributed by atoms with Crippen LogP contribution in [0.1, 0.15) is 5.56 Å². The van der Waals surface area contributed by atoms with E-state index in [1.165, 1.54) is 24.3 Å². The third kappa shape index (κ3) is 4.93. The van der Waals surface area contributed by atoms with E-state index in [0.717, 1.165) is 0 Å². The zero-order chi connectivity index (χ0) is 19.3. The van der Waals surface area contributed by atoms with Crippen LogP contribution in [-0.2, 0) is 4.79 Å². The van der Waals surface area contributed by atoms with Crippen LogP contribution >= 0.6 is 0 Å². The summed E-state index contributed by atoms with van der Waals surface area (Å²) in [7, 11) is 0. The van der Waals surface area contributed by atoms with Crippen LogP contribution in [-0.4, -0.2) is 32.0 Å². The topological polar surface area (TPSA) is 56.8 Å². The van der Waals surface area contributed by atoms with Gasteiger partial charge in [0, 0.05) is 12.1 Å². The van der Waals surface area contributed by atoms with Crippen molar-refractivity contribution >= 4 is 11.5 Å². The normalized spacial score (nSPS) is 13.4. The molecule has 2 aromatic carbocycles. The van der Waals surface area contributed by atoms with Gasteiger partial charge in [-0.2, -0.15) is 13.2 Å². The van der Waals surface area contributed by atoms with Crippen molar-refractivity contribution in [3.8, 4) is 17.2 Å². The molecule has 8 heteroatoms. The van der Waals surface area contributed by atoms with Gasteiger partial charge >= 0.3 is 6.18 Å². The number of alkyl halides is 3. The highest BCUT2D eigenvalue weighted by molar-refractivity contribution is 5.96. The Kier molecular flexibility index (Phi) is 5.54. The van der Waals surface area contributed by atoms with E-state index in [-0.39, 0.29) is 25.5 Å². The second-order valence-corrected chi connectivity index (χ2v) is 5.58. The summed E-state index contributed by atoms with van der Waals surface area (Å²) in [5.74, 6) is 0.823. The number of fused-ring (bicyclic) bond motifs is 1. The molecule has 0 fully saturated rings. The fourth-order valence-corrected chi connectivity index (χ4v) is 2.44. The molecular weight excluding hydrogens is 363 g/mol. The number of allylic oxidation sites excluding steroid dienone is 1. The van der Waals surface area contributed by atoms with Crippen LogP contribution in [0, 0.1) is 0 Å². The molecule has 0 saturated carbocycles. The summed E-state index contributed by atoms with van der Waals surface area (Å²) in [5, 5.41) is 2.38. The van der Waals surface area contributed by atoms with Crippen LogP contribution in [0.5, 0.6) is 17.2 Å². The van der Waals surface area contributed by atoms with Crippen LogP contribution in [0.15, 0.2) is 54.6 Å². The molecule has 27 heavy (non-hydrogen) atoms. The Morgan fingerprint density at radius 2 is 1.85 bits per heavy atom. The van der Waals surface area contributed by atoms with E-state index >= 15 is 0 Å². The number of rotatable bonds is 6. The molecule has 1 amide bonds. The Morgan fingerprint density at radius 1 is 1.11 bits per heavy atom. The highest BCUT2D eigenvalue weighted by Crippen LogP contribution is 2.35. The zero-order valence-corrected chi connectivity index (χ0v) is 14.1. The van der Waals surface area contributed by atoms with Crippen molar-refractivity contribution in [1.82, 2.24) is 5.32 Å². The number of hydrogen-bond donors (Lipinski definition) is 1. The maximum atomic E-state index is 13.2. The minimum absolute atomic E-state index is 0.0453. The fraction of sp³-hybridized carbons (Fsp3) is 0.211. The van der Waals surface area contributed by atoms with E-state index in [1.807, 2.05) is 0 Å². The lowest BCUT2D eigenvalue weighted by Gasteiger charge is -2.12. The lowest BCUT2D eigenvalue weighted by molar-refractivity contribution is -0.117. The second-order valence-electron chi connectivity index (χ2n) is 5.58. The molecule has 0 atom stereocenters. The van der Waals surface area contributed by atoms with Crippen molar-refractivity contribution in [3.63, 3.8) is 0 Å². The first kappa shape index (κ1) is 18.6. The fourth-order valence-electron chi connectivity index (χ4n) is 2.44. The number of benzene rings is 2. The molecule has 0 spiro atoms. The summed E-state index contributed by atoms with van der Waals surface area (Å²) in [5.41, 5.74) is -1.07. The number of carbonyl (C=O) groups is 1. The van der Waals surface area contributed by atoms with Crippen LogP contribution in [0.25, 0.3) is 5.57 Å². The van der Waals surface area contributed by atoms with Gasteiger partial charge in [-0.1, -0.05) is 30.3 Å². The van der Waals surface area contributed by atoms with E-state index in [2.05, 4.69) is 5.32 Å². The summed E-state index contributed by atoms with van der Waals surface area (Å²) in [6.07, 6.45) is -4.09. The first-order chi connectivity index (χ1) is 12.9. The van der Waals surface area contributed by atoms with Crippen molar-refractivity contribution in [2.45, 2.75) is 6.18 Å². The molecule has 1 N–H and O–H groups in total. The second kappa shape index (κ2) is 8.03. The van der Waals surface area contributed by atoms with Crippen molar-refractivity contribution in [3.05, 3.63) is 60.2 Å². The minimum atomic E-state index is -4.64. The Morgan fingerprint density at radius 3 is 2.59 bits per heavy atom. The SMILES string of the molecule is O=C(/C=C(\c1ccccc1)C(F)(F)F)NCCOc1ccc2c(c1)OCO2. The molecule has 0 bridgehead atoms. The highest BCUT2D eigenvalue weighted by Gasteiger charge is 2.35. The predicted molar refractivity (Wildman–Crippen MR) is 91.5 cm³/mol. The van der Waals surface area contributed by atoms with Crippen molar-refractivity contribution in [1.29, 1.82) is 0 Å². The van der Waals surface area contributed by atoms with Gasteiger partial charge in [0.15, 0.2) is 11.5 Å². The lowest BCUT2D eigenvalue weighted by Crippen LogP contribution is -2.27. The molecule has 0 saturated heterocycles. The van der Waals surface area contributed by atoms with Gasteiger partial charge in [-0.25, -0.2) is 0 Å². The molecule has 2 aromatic rings. The van der Waals surface area contributed by atoms with Crippen LogP contribution < -0.4 is 19.5 Å². The Bertz CT molecular complexity index is 835. The van der Waals surface area contributed by atoms with Gasteiger partial charge in [-0.05, 0) is 17.7 Å². The lowest BCUT2D eigenvalue weighted by atomic mass is 10.1. The first-order valence-corrected chi connectivity index (χ1v) is 8.08. The number of amides is 1. The van der Waals surface area contributed by atoms with Gasteiger partial charge in [0.1, 0.15) is 12.4 Å². The molecule has 0 aliphatic carbocycles. The highest BCUT2D eigenvalue weighted by atomic mass is 19.4. The van der Waals surface area contributed by atoms with Crippen LogP contribution in [0.4, 0.5) is 13.2 Å². The Hall–Kier alpha value is -3.16. The smallest absolute Gasteiger partial charge is 0.417 e. The van der Waals surface area contributed by atoms with E-state index in [4.69, 9.17) is 14.2 Å². The summed E-state index contributed by atoms with van der Waals surface area (Å²) < 4.78 is 55.4. The number of ether oxygens (including phenoxy) is 3. The minimum Gasteiger partial charge on any atom is -0.492 e. The summed E-state index contributed by atoms with van der Waals surface area (Å²) in [4.78, 5) is 11.9. The van der Waals surface area contributed by atoms with Gasteiger partial charge < -0.3 is 19.5 Å². The molecule has 3 rings (SSSR count). The molecule has 1 aliphatic heterocycles. The molecule has 5 nitrogen and oxygen atoms in total. The van der Waals surface area contributed by atoms with Gasteiger partial charge in [0.25, 0.3) is 0 Å². The van der Waals surface area contributed by atoms with Crippen molar-refractivity contribution in [2.75, 3.05) is 19.9 Å². The van der Waals surface area contributed by atoms with E-state index < -0.39 is 17.7 Å². The molecular formula is C19H16F3NO4. The van der Waals surface area contributed by atoms with Gasteiger partial charge in [0.2, 0.25) is 12.7 Å². The van der Waals surface area contributed by atoms with Gasteiger partial charge in [-0.15, -0.1) is 0 Å². The number of hydrogen-bond acceptors (Lipinski definition) is 4. The largest absolute Gasteiger partial charge is 0.492 e. The molecule has 0 unspecified atom stereocenters. The first-order valence-electron chi connectivity index (χ1n) is 8.08. The molecule has 1 heterocycles. The standard InChI is InChI=1S/C19H16F3NO4/c20-19(21,22)15(13-4-2-1-3-5-13)11-18(24)23-8-9-25-14-6-7-16-17(10-14)27-12-26-16/h1-7,10-11H,8-9,12H2,(H,23,24)/b15-11+. The third-order valence-electron chi connectivity index (χ3n) is 3.68. The monoisotopic (exact) mass is 379 g/mol. The predicted octanol–water partition coefficient (Wildman–Crippen LogP) is 3.56. The number of halogens is 3. The van der Waals surface area contributed by atoms with E-state index in [9.17, 15) is 18.0 Å². The molecule has 142 valence electrons. The summed E-state index contributed by atoms with van der Waals surface area (Å²) in [6, 6.07) is 12.2. The quantitative estimate of drug-likeness (QED) is 0.616. The van der Waals surface area contributed by atoms with Gasteiger partial charge in [-0.3, -0.25) is 4.79 Å². The summed E-state index contributed by atoms with van der Waals surface area (Å²) >= 11 is 0. The molecule has 1 aliphatic rings.